The van der Waals surface area contributed by atoms with Gasteiger partial charge in [-0.1, -0.05) is 24.3 Å². The number of methoxy groups -OCH3 is 1. The van der Waals surface area contributed by atoms with Gasteiger partial charge in [-0.15, -0.1) is 0 Å². The Labute approximate surface area is 131 Å². The highest BCUT2D eigenvalue weighted by Crippen LogP contribution is 2.24. The fourth-order valence-electron chi connectivity index (χ4n) is 2.37. The highest BCUT2D eigenvalue weighted by Gasteiger charge is 2.11. The second kappa shape index (κ2) is 6.98. The maximum absolute atomic E-state index is 12.3. The van der Waals surface area contributed by atoms with Crippen LogP contribution >= 0.6 is 0 Å². The van der Waals surface area contributed by atoms with Gasteiger partial charge in [0.15, 0.2) is 0 Å². The van der Waals surface area contributed by atoms with Crippen molar-refractivity contribution in [2.75, 3.05) is 30.9 Å². The molecular formula is C18H22N2O2. The lowest BCUT2D eigenvalue weighted by atomic mass is 10.1. The Morgan fingerprint density at radius 3 is 2.64 bits per heavy atom. The average molecular weight is 298 g/mol. The van der Waals surface area contributed by atoms with E-state index in [-0.39, 0.29) is 12.5 Å². The number of ether oxygens (including phenoxy) is 1. The molecular weight excluding hydrogens is 276 g/mol. The van der Waals surface area contributed by atoms with Gasteiger partial charge < -0.3 is 15.0 Å². The molecule has 2 rings (SSSR count). The number of hydrogen-bond acceptors (Lipinski definition) is 3. The van der Waals surface area contributed by atoms with E-state index >= 15 is 0 Å². The Balaban J connectivity index is 2.07. The van der Waals surface area contributed by atoms with Crippen molar-refractivity contribution in [1.82, 2.24) is 0 Å². The summed E-state index contributed by atoms with van der Waals surface area (Å²) < 4.78 is 5.24. The second-order valence-corrected chi connectivity index (χ2v) is 5.39. The molecule has 0 saturated heterocycles. The Bertz CT molecular complexity index is 668. The number of nitrogens with zero attached hydrogens (tertiary/aromatic N) is 1. The highest BCUT2D eigenvalue weighted by molar-refractivity contribution is 5.95. The van der Waals surface area contributed by atoms with Gasteiger partial charge in [0.2, 0.25) is 5.91 Å². The van der Waals surface area contributed by atoms with Crippen LogP contribution in [0.1, 0.15) is 11.1 Å². The van der Waals surface area contributed by atoms with Crippen LogP contribution in [0.25, 0.3) is 0 Å². The van der Waals surface area contributed by atoms with E-state index in [1.54, 1.807) is 7.11 Å². The third-order valence-corrected chi connectivity index (χ3v) is 3.54. The molecule has 1 amide bonds. The topological polar surface area (TPSA) is 41.6 Å². The van der Waals surface area contributed by atoms with Crippen LogP contribution < -0.4 is 15.0 Å². The first kappa shape index (κ1) is 15.9. The molecule has 22 heavy (non-hydrogen) atoms. The van der Waals surface area contributed by atoms with Gasteiger partial charge in [-0.2, -0.15) is 0 Å². The van der Waals surface area contributed by atoms with Crippen molar-refractivity contribution in [2.24, 2.45) is 0 Å². The molecule has 0 heterocycles. The largest absolute Gasteiger partial charge is 0.495 e. The van der Waals surface area contributed by atoms with Crippen molar-refractivity contribution in [3.05, 3.63) is 53.6 Å². The number of anilines is 2. The van der Waals surface area contributed by atoms with Crippen LogP contribution in [0.2, 0.25) is 0 Å². The van der Waals surface area contributed by atoms with Crippen molar-refractivity contribution < 1.29 is 9.53 Å². The summed E-state index contributed by atoms with van der Waals surface area (Å²) in [6.07, 6.45) is 0. The van der Waals surface area contributed by atoms with Gasteiger partial charge in [0.1, 0.15) is 5.75 Å². The van der Waals surface area contributed by atoms with E-state index in [1.807, 2.05) is 50.1 Å². The summed E-state index contributed by atoms with van der Waals surface area (Å²) in [4.78, 5) is 14.2. The zero-order valence-electron chi connectivity index (χ0n) is 13.5. The molecule has 2 aromatic carbocycles. The molecule has 2 aromatic rings. The summed E-state index contributed by atoms with van der Waals surface area (Å²) in [5.74, 6) is 0.582. The van der Waals surface area contributed by atoms with Gasteiger partial charge in [0, 0.05) is 12.7 Å². The smallest absolute Gasteiger partial charge is 0.243 e. The maximum Gasteiger partial charge on any atom is 0.243 e. The minimum Gasteiger partial charge on any atom is -0.495 e. The van der Waals surface area contributed by atoms with Crippen molar-refractivity contribution in [1.29, 1.82) is 0 Å². The Morgan fingerprint density at radius 1 is 1.18 bits per heavy atom. The van der Waals surface area contributed by atoms with E-state index in [0.29, 0.717) is 11.4 Å². The molecule has 0 aromatic heterocycles. The first-order valence-electron chi connectivity index (χ1n) is 7.22. The Hall–Kier alpha value is -2.49. The average Bonchev–Trinajstić information content (AvgIpc) is 2.50. The molecule has 0 fully saturated rings. The van der Waals surface area contributed by atoms with E-state index in [2.05, 4.69) is 23.5 Å². The van der Waals surface area contributed by atoms with Gasteiger partial charge >= 0.3 is 0 Å². The molecule has 0 saturated carbocycles. The van der Waals surface area contributed by atoms with E-state index in [0.717, 1.165) is 11.3 Å². The van der Waals surface area contributed by atoms with E-state index in [9.17, 15) is 4.79 Å². The molecule has 0 aliphatic carbocycles. The standard InChI is InChI=1S/C18H22N2O2/c1-13-9-10-14(2)16(11-13)20(3)12-18(21)19-15-7-5-6-8-17(15)22-4/h5-11H,12H2,1-4H3,(H,19,21). The molecule has 0 atom stereocenters. The number of nitrogens with one attached hydrogen (secondary N) is 1. The van der Waals surface area contributed by atoms with Crippen LogP contribution in [-0.2, 0) is 4.79 Å². The van der Waals surface area contributed by atoms with Crippen LogP contribution in [-0.4, -0.2) is 26.6 Å². The number of hydrogen-bond donors (Lipinski definition) is 1. The summed E-state index contributed by atoms with van der Waals surface area (Å²) in [7, 11) is 3.51. The van der Waals surface area contributed by atoms with Crippen LogP contribution in [0, 0.1) is 13.8 Å². The number of benzene rings is 2. The maximum atomic E-state index is 12.3. The molecule has 0 unspecified atom stereocenters. The first-order chi connectivity index (χ1) is 10.5. The van der Waals surface area contributed by atoms with Gasteiger partial charge in [-0.25, -0.2) is 0 Å². The molecule has 0 bridgehead atoms. The number of carbonyl (C=O) groups excluding carboxylic acids is 1. The summed E-state index contributed by atoms with van der Waals surface area (Å²) in [6, 6.07) is 13.6. The number of rotatable bonds is 5. The lowest BCUT2D eigenvalue weighted by Gasteiger charge is -2.21. The predicted octanol–water partition coefficient (Wildman–Crippen LogP) is 3.39. The third kappa shape index (κ3) is 3.79. The van der Waals surface area contributed by atoms with Gasteiger partial charge in [-0.3, -0.25) is 4.79 Å². The zero-order valence-corrected chi connectivity index (χ0v) is 13.5. The normalized spacial score (nSPS) is 10.2. The van der Waals surface area contributed by atoms with Crippen molar-refractivity contribution in [3.8, 4) is 5.75 Å². The molecule has 0 aliphatic rings. The predicted molar refractivity (Wildman–Crippen MR) is 90.8 cm³/mol. The second-order valence-electron chi connectivity index (χ2n) is 5.39. The van der Waals surface area contributed by atoms with Crippen LogP contribution in [0.5, 0.6) is 5.75 Å². The Kier molecular flexibility index (Phi) is 5.04. The minimum atomic E-state index is -0.0760. The number of likely N-dealkylation sites (N-methyl/N-ethyl adjacent to an activating group) is 1. The minimum absolute atomic E-state index is 0.0760. The quantitative estimate of drug-likeness (QED) is 0.920. The molecule has 4 heteroatoms. The number of carbonyl (C=O) groups is 1. The van der Waals surface area contributed by atoms with Crippen LogP contribution in [0.15, 0.2) is 42.5 Å². The molecule has 116 valence electrons. The van der Waals surface area contributed by atoms with Gasteiger partial charge in [0.25, 0.3) is 0 Å². The monoisotopic (exact) mass is 298 g/mol. The Morgan fingerprint density at radius 2 is 1.91 bits per heavy atom. The third-order valence-electron chi connectivity index (χ3n) is 3.54. The lowest BCUT2D eigenvalue weighted by molar-refractivity contribution is -0.114. The van der Waals surface area contributed by atoms with Gasteiger partial charge in [0.05, 0.1) is 19.3 Å². The van der Waals surface area contributed by atoms with Crippen molar-refractivity contribution >= 4 is 17.3 Å². The summed E-state index contributed by atoms with van der Waals surface area (Å²) >= 11 is 0. The van der Waals surface area contributed by atoms with Crippen molar-refractivity contribution in [3.63, 3.8) is 0 Å². The number of para-hydroxylation sites is 2. The van der Waals surface area contributed by atoms with E-state index < -0.39 is 0 Å². The van der Waals surface area contributed by atoms with E-state index in [4.69, 9.17) is 4.74 Å². The SMILES string of the molecule is COc1ccccc1NC(=O)CN(C)c1cc(C)ccc1C. The fourth-order valence-corrected chi connectivity index (χ4v) is 2.37. The van der Waals surface area contributed by atoms with Crippen LogP contribution in [0.4, 0.5) is 11.4 Å². The van der Waals surface area contributed by atoms with Crippen molar-refractivity contribution in [2.45, 2.75) is 13.8 Å². The molecule has 0 radical (unpaired) electrons. The van der Waals surface area contributed by atoms with E-state index in [1.165, 1.54) is 5.56 Å². The number of aryl methyl sites for hydroxylation is 2. The summed E-state index contributed by atoms with van der Waals surface area (Å²) in [5.41, 5.74) is 4.08. The van der Waals surface area contributed by atoms with Crippen LogP contribution in [0.3, 0.4) is 0 Å². The highest BCUT2D eigenvalue weighted by atomic mass is 16.5. The molecule has 4 nitrogen and oxygen atoms in total. The summed E-state index contributed by atoms with van der Waals surface area (Å²) in [5, 5.41) is 2.89. The first-order valence-corrected chi connectivity index (χ1v) is 7.22. The zero-order chi connectivity index (χ0) is 16.1. The lowest BCUT2D eigenvalue weighted by Crippen LogP contribution is -2.30. The molecule has 0 aliphatic heterocycles. The van der Waals surface area contributed by atoms with Gasteiger partial charge in [-0.05, 0) is 43.2 Å². The molecule has 1 N–H and O–H groups in total. The summed E-state index contributed by atoms with van der Waals surface area (Å²) in [6.45, 7) is 4.37. The molecule has 0 spiro atoms. The number of amides is 1. The fraction of sp³-hybridized carbons (Fsp3) is 0.278.